The average molecular weight is 421 g/mol. The molecule has 5 amide bonds. The minimum absolute atomic E-state index is 0.0285. The second-order valence-electron chi connectivity index (χ2n) is 8.52. The predicted molar refractivity (Wildman–Crippen MR) is 104 cm³/mol. The zero-order valence-corrected chi connectivity index (χ0v) is 16.4. The van der Waals surface area contributed by atoms with E-state index in [0.717, 1.165) is 4.90 Å². The lowest BCUT2D eigenvalue weighted by molar-refractivity contribution is -0.136. The maximum Gasteiger partial charge on any atom is 0.262 e. The Labute approximate surface area is 176 Å². The molecule has 2 aliphatic carbocycles. The van der Waals surface area contributed by atoms with Gasteiger partial charge in [0.1, 0.15) is 6.04 Å². The van der Waals surface area contributed by atoms with Crippen molar-refractivity contribution in [1.82, 2.24) is 10.2 Å². The number of benzene rings is 1. The van der Waals surface area contributed by atoms with Crippen LogP contribution in [0.5, 0.6) is 0 Å². The molecular formula is C22H19N3O6. The number of carbonyl (C=O) groups is 6. The Morgan fingerprint density at radius 3 is 2.61 bits per heavy atom. The first-order valence-electron chi connectivity index (χ1n) is 10.1. The van der Waals surface area contributed by atoms with Crippen molar-refractivity contribution in [3.05, 3.63) is 47.0 Å². The number of nitrogens with one attached hydrogen (secondary N) is 1. The molecule has 2 aliphatic heterocycles. The van der Waals surface area contributed by atoms with Crippen LogP contribution in [0.1, 0.15) is 45.5 Å². The van der Waals surface area contributed by atoms with Crippen LogP contribution in [-0.2, 0) is 25.6 Å². The summed E-state index contributed by atoms with van der Waals surface area (Å²) in [5.74, 6) is -4.10. The largest absolute Gasteiger partial charge is 0.369 e. The summed E-state index contributed by atoms with van der Waals surface area (Å²) in [5.41, 5.74) is 5.17. The molecule has 3 N–H and O–H groups in total. The Kier molecular flexibility index (Phi) is 4.02. The van der Waals surface area contributed by atoms with Gasteiger partial charge < -0.3 is 5.73 Å². The van der Waals surface area contributed by atoms with Gasteiger partial charge in [-0.2, -0.15) is 0 Å². The van der Waals surface area contributed by atoms with Gasteiger partial charge in [0.15, 0.2) is 5.78 Å². The van der Waals surface area contributed by atoms with E-state index in [-0.39, 0.29) is 42.1 Å². The summed E-state index contributed by atoms with van der Waals surface area (Å²) in [5, 5.41) is 2.16. The van der Waals surface area contributed by atoms with E-state index in [1.54, 1.807) is 24.3 Å². The van der Waals surface area contributed by atoms with Gasteiger partial charge >= 0.3 is 0 Å². The fourth-order valence-corrected chi connectivity index (χ4v) is 5.43. The SMILES string of the molecule is NC(=O)C1CC2C=CC1(Cc1cccc3c1C(=O)N(C1CCC(=O)NC1=O)C3=O)C2=O. The number of piperidine rings is 1. The third-order valence-corrected chi connectivity index (χ3v) is 6.91. The highest BCUT2D eigenvalue weighted by Crippen LogP contribution is 2.52. The number of imide groups is 2. The summed E-state index contributed by atoms with van der Waals surface area (Å²) in [4.78, 5) is 75.9. The van der Waals surface area contributed by atoms with Gasteiger partial charge in [-0.25, -0.2) is 0 Å². The van der Waals surface area contributed by atoms with Crippen molar-refractivity contribution in [3.63, 3.8) is 0 Å². The van der Waals surface area contributed by atoms with E-state index in [4.69, 9.17) is 5.73 Å². The number of primary amides is 1. The van der Waals surface area contributed by atoms with E-state index in [9.17, 15) is 28.8 Å². The molecular weight excluding hydrogens is 402 g/mol. The summed E-state index contributed by atoms with van der Waals surface area (Å²) in [6, 6.07) is 3.69. The van der Waals surface area contributed by atoms with Gasteiger partial charge in [-0.3, -0.25) is 39.0 Å². The number of fused-ring (bicyclic) bond motifs is 3. The minimum Gasteiger partial charge on any atom is -0.369 e. The molecule has 5 rings (SSSR count). The van der Waals surface area contributed by atoms with Crippen LogP contribution in [0, 0.1) is 17.3 Å². The average Bonchev–Trinajstić information content (AvgIpc) is 3.27. The number of amides is 5. The highest BCUT2D eigenvalue weighted by atomic mass is 16.2. The Balaban J connectivity index is 1.53. The maximum atomic E-state index is 13.3. The number of ketones is 1. The van der Waals surface area contributed by atoms with Crippen molar-refractivity contribution in [2.45, 2.75) is 31.7 Å². The van der Waals surface area contributed by atoms with Crippen LogP contribution in [0.3, 0.4) is 0 Å². The number of carbonyl (C=O) groups excluding carboxylic acids is 6. The van der Waals surface area contributed by atoms with Crippen molar-refractivity contribution < 1.29 is 28.8 Å². The Bertz CT molecular complexity index is 1140. The molecule has 31 heavy (non-hydrogen) atoms. The highest BCUT2D eigenvalue weighted by Gasteiger charge is 2.58. The lowest BCUT2D eigenvalue weighted by Crippen LogP contribution is -2.54. The number of hydrogen-bond donors (Lipinski definition) is 2. The van der Waals surface area contributed by atoms with E-state index in [1.807, 2.05) is 0 Å². The molecule has 2 bridgehead atoms. The molecule has 158 valence electrons. The first-order valence-corrected chi connectivity index (χ1v) is 10.1. The first kappa shape index (κ1) is 19.3. The van der Waals surface area contributed by atoms with Crippen LogP contribution < -0.4 is 11.1 Å². The third-order valence-electron chi connectivity index (χ3n) is 6.91. The summed E-state index contributed by atoms with van der Waals surface area (Å²) < 4.78 is 0. The third kappa shape index (κ3) is 2.55. The zero-order valence-electron chi connectivity index (χ0n) is 16.4. The van der Waals surface area contributed by atoms with Gasteiger partial charge in [-0.05, 0) is 30.9 Å². The van der Waals surface area contributed by atoms with Crippen molar-refractivity contribution >= 4 is 35.3 Å². The quantitative estimate of drug-likeness (QED) is 0.512. The molecule has 2 heterocycles. The highest BCUT2D eigenvalue weighted by molar-refractivity contribution is 6.24. The molecule has 4 unspecified atom stereocenters. The molecule has 1 aromatic carbocycles. The van der Waals surface area contributed by atoms with E-state index in [1.165, 1.54) is 6.07 Å². The standard InChI is InChI=1S/C22H19N3O6/c23-18(28)13-8-10-6-7-22(13,17(10)27)9-11-2-1-3-12-16(11)21(31)25(20(12)30)14-4-5-15(26)24-19(14)29/h1-3,6-7,10,13-14H,4-5,8-9H2,(H2,23,28)(H,24,26,29). The Morgan fingerprint density at radius 2 is 1.94 bits per heavy atom. The molecule has 9 nitrogen and oxygen atoms in total. The Hall–Kier alpha value is -3.62. The molecule has 1 saturated carbocycles. The molecule has 1 saturated heterocycles. The van der Waals surface area contributed by atoms with Crippen LogP contribution >= 0.6 is 0 Å². The molecule has 2 fully saturated rings. The molecule has 9 heteroatoms. The molecule has 0 aromatic heterocycles. The second kappa shape index (κ2) is 6.44. The number of nitrogens with zero attached hydrogens (tertiary/aromatic N) is 1. The predicted octanol–water partition coefficient (Wildman–Crippen LogP) is -0.123. The zero-order chi connectivity index (χ0) is 22.1. The van der Waals surface area contributed by atoms with Crippen molar-refractivity contribution in [2.75, 3.05) is 0 Å². The minimum atomic E-state index is -1.13. The smallest absolute Gasteiger partial charge is 0.262 e. The fraction of sp³-hybridized carbons (Fsp3) is 0.364. The molecule has 0 radical (unpaired) electrons. The summed E-state index contributed by atoms with van der Waals surface area (Å²) in [7, 11) is 0. The molecule has 4 atom stereocenters. The van der Waals surface area contributed by atoms with E-state index < -0.39 is 46.9 Å². The number of rotatable bonds is 4. The van der Waals surface area contributed by atoms with E-state index in [2.05, 4.69) is 5.32 Å². The lowest BCUT2D eigenvalue weighted by Gasteiger charge is -2.29. The Morgan fingerprint density at radius 1 is 1.16 bits per heavy atom. The van der Waals surface area contributed by atoms with E-state index in [0.29, 0.717) is 12.0 Å². The van der Waals surface area contributed by atoms with Crippen LogP contribution in [0.4, 0.5) is 0 Å². The maximum absolute atomic E-state index is 13.3. The van der Waals surface area contributed by atoms with Crippen LogP contribution in [0.15, 0.2) is 30.4 Å². The van der Waals surface area contributed by atoms with Crippen molar-refractivity contribution in [3.8, 4) is 0 Å². The fourth-order valence-electron chi connectivity index (χ4n) is 5.43. The van der Waals surface area contributed by atoms with Crippen LogP contribution in [0.25, 0.3) is 0 Å². The van der Waals surface area contributed by atoms with Crippen LogP contribution in [0.2, 0.25) is 0 Å². The lowest BCUT2D eigenvalue weighted by atomic mass is 9.72. The van der Waals surface area contributed by atoms with Gasteiger partial charge in [0.05, 0.1) is 22.5 Å². The van der Waals surface area contributed by atoms with Crippen molar-refractivity contribution in [1.29, 1.82) is 0 Å². The summed E-state index contributed by atoms with van der Waals surface area (Å²) in [6.45, 7) is 0. The van der Waals surface area contributed by atoms with Crippen molar-refractivity contribution in [2.24, 2.45) is 23.0 Å². The van der Waals surface area contributed by atoms with E-state index >= 15 is 0 Å². The number of hydrogen-bond acceptors (Lipinski definition) is 6. The number of allylic oxidation sites excluding steroid dienone is 2. The topological polar surface area (TPSA) is 144 Å². The second-order valence-corrected chi connectivity index (χ2v) is 8.52. The summed E-state index contributed by atoms with van der Waals surface area (Å²) in [6.07, 6.45) is 3.97. The normalized spacial score (nSPS) is 31.4. The van der Waals surface area contributed by atoms with Crippen LogP contribution in [-0.4, -0.2) is 46.3 Å². The molecule has 4 aliphatic rings. The van der Waals surface area contributed by atoms with Gasteiger partial charge in [-0.1, -0.05) is 24.3 Å². The number of nitrogens with two attached hydrogens (primary N) is 1. The van der Waals surface area contributed by atoms with Gasteiger partial charge in [-0.15, -0.1) is 0 Å². The van der Waals surface area contributed by atoms with Gasteiger partial charge in [0.25, 0.3) is 11.8 Å². The van der Waals surface area contributed by atoms with Gasteiger partial charge in [0, 0.05) is 12.3 Å². The summed E-state index contributed by atoms with van der Waals surface area (Å²) >= 11 is 0. The number of Topliss-reactive ketones (excluding diaryl/α,β-unsaturated/α-hetero) is 1. The molecule has 0 spiro atoms. The first-order chi connectivity index (χ1) is 14.7. The van der Waals surface area contributed by atoms with Gasteiger partial charge in [0.2, 0.25) is 17.7 Å². The monoisotopic (exact) mass is 421 g/mol. The molecule has 1 aromatic rings.